The minimum atomic E-state index is -4.25. The van der Waals surface area contributed by atoms with Gasteiger partial charge in [-0.3, -0.25) is 0 Å². The van der Waals surface area contributed by atoms with Crippen molar-refractivity contribution in [1.29, 1.82) is 0 Å². The highest BCUT2D eigenvalue weighted by Crippen LogP contribution is 2.31. The second kappa shape index (κ2) is 5.53. The normalized spacial score (nSPS) is 27.7. The highest BCUT2D eigenvalue weighted by molar-refractivity contribution is 5.24. The summed E-state index contributed by atoms with van der Waals surface area (Å²) in [5, 5.41) is 3.46. The Morgan fingerprint density at radius 3 is 2.21 bits per heavy atom. The second-order valence-corrected chi connectivity index (χ2v) is 5.60. The topological polar surface area (TPSA) is 12.0 Å². The molecule has 1 aromatic carbocycles. The molecule has 19 heavy (non-hydrogen) atoms. The van der Waals surface area contributed by atoms with E-state index in [-0.39, 0.29) is 0 Å². The Morgan fingerprint density at radius 2 is 1.74 bits per heavy atom. The van der Waals surface area contributed by atoms with Crippen molar-refractivity contribution >= 4 is 0 Å². The lowest BCUT2D eigenvalue weighted by Crippen LogP contribution is -2.31. The molecule has 0 amide bonds. The Morgan fingerprint density at radius 1 is 1.11 bits per heavy atom. The van der Waals surface area contributed by atoms with Crippen molar-refractivity contribution in [2.45, 2.75) is 45.5 Å². The molecule has 1 fully saturated rings. The summed E-state index contributed by atoms with van der Waals surface area (Å²) in [5.74, 6) is 1.36. The molecule has 1 aliphatic carbocycles. The lowest BCUT2D eigenvalue weighted by atomic mass is 9.97. The van der Waals surface area contributed by atoms with Crippen LogP contribution in [0.5, 0.6) is 0 Å². The SMILES string of the molecule is CC1CCC(NCc2ccc(C(F)(F)F)cc2)C1C. The summed E-state index contributed by atoms with van der Waals surface area (Å²) in [6, 6.07) is 5.89. The van der Waals surface area contributed by atoms with Crippen molar-refractivity contribution in [2.75, 3.05) is 0 Å². The van der Waals surface area contributed by atoms with Gasteiger partial charge >= 0.3 is 6.18 Å². The predicted octanol–water partition coefficient (Wildman–Crippen LogP) is 4.23. The van der Waals surface area contributed by atoms with Crippen LogP contribution in [0.25, 0.3) is 0 Å². The number of nitrogens with one attached hydrogen (secondary N) is 1. The molecule has 2 rings (SSSR count). The van der Waals surface area contributed by atoms with Crippen LogP contribution in [0.4, 0.5) is 13.2 Å². The highest BCUT2D eigenvalue weighted by atomic mass is 19.4. The molecule has 0 bridgehead atoms. The average molecular weight is 271 g/mol. The number of hydrogen-bond acceptors (Lipinski definition) is 1. The lowest BCUT2D eigenvalue weighted by molar-refractivity contribution is -0.137. The van der Waals surface area contributed by atoms with E-state index in [4.69, 9.17) is 0 Å². The fourth-order valence-corrected chi connectivity index (χ4v) is 2.71. The highest BCUT2D eigenvalue weighted by Gasteiger charge is 2.30. The van der Waals surface area contributed by atoms with Gasteiger partial charge in [0.2, 0.25) is 0 Å². The smallest absolute Gasteiger partial charge is 0.310 e. The van der Waals surface area contributed by atoms with Crippen molar-refractivity contribution in [2.24, 2.45) is 11.8 Å². The van der Waals surface area contributed by atoms with Gasteiger partial charge in [-0.15, -0.1) is 0 Å². The quantitative estimate of drug-likeness (QED) is 0.867. The van der Waals surface area contributed by atoms with Crippen LogP contribution in [0.3, 0.4) is 0 Å². The summed E-state index contributed by atoms with van der Waals surface area (Å²) < 4.78 is 37.3. The third kappa shape index (κ3) is 3.50. The fraction of sp³-hybridized carbons (Fsp3) is 0.600. The molecule has 1 saturated carbocycles. The van der Waals surface area contributed by atoms with E-state index in [0.29, 0.717) is 18.5 Å². The van der Waals surface area contributed by atoms with E-state index >= 15 is 0 Å². The maximum Gasteiger partial charge on any atom is 0.416 e. The first kappa shape index (κ1) is 14.4. The molecule has 0 saturated heterocycles. The minimum absolute atomic E-state index is 0.484. The van der Waals surface area contributed by atoms with Crippen LogP contribution >= 0.6 is 0 Å². The zero-order valence-electron chi connectivity index (χ0n) is 11.3. The summed E-state index contributed by atoms with van der Waals surface area (Å²) in [5.41, 5.74) is 0.318. The summed E-state index contributed by atoms with van der Waals surface area (Å²) >= 11 is 0. The van der Waals surface area contributed by atoms with Crippen LogP contribution < -0.4 is 5.32 Å². The molecule has 3 atom stereocenters. The molecule has 0 aromatic heterocycles. The first-order chi connectivity index (χ1) is 8.88. The van der Waals surface area contributed by atoms with Gasteiger partial charge in [-0.2, -0.15) is 13.2 Å². The van der Waals surface area contributed by atoms with Crippen molar-refractivity contribution < 1.29 is 13.2 Å². The monoisotopic (exact) mass is 271 g/mol. The standard InChI is InChI=1S/C15H20F3N/c1-10-3-8-14(11(10)2)19-9-12-4-6-13(7-5-12)15(16,17)18/h4-7,10-11,14,19H,3,8-9H2,1-2H3. The Bertz CT molecular complexity index is 410. The molecule has 0 spiro atoms. The summed E-state index contributed by atoms with van der Waals surface area (Å²) in [6.45, 7) is 5.13. The number of hydrogen-bond donors (Lipinski definition) is 1. The molecule has 1 N–H and O–H groups in total. The molecule has 0 radical (unpaired) electrons. The zero-order valence-corrected chi connectivity index (χ0v) is 11.3. The van der Waals surface area contributed by atoms with E-state index < -0.39 is 11.7 Å². The zero-order chi connectivity index (χ0) is 14.0. The van der Waals surface area contributed by atoms with Gasteiger partial charge in [0.1, 0.15) is 0 Å². The van der Waals surface area contributed by atoms with Crippen molar-refractivity contribution in [3.05, 3.63) is 35.4 Å². The van der Waals surface area contributed by atoms with E-state index in [1.165, 1.54) is 6.42 Å². The maximum atomic E-state index is 12.4. The number of alkyl halides is 3. The summed E-state index contributed by atoms with van der Waals surface area (Å²) in [6.07, 6.45) is -1.86. The molecule has 106 valence electrons. The summed E-state index contributed by atoms with van der Waals surface area (Å²) in [7, 11) is 0. The van der Waals surface area contributed by atoms with Gasteiger partial charge < -0.3 is 5.32 Å². The molecule has 4 heteroatoms. The summed E-state index contributed by atoms with van der Waals surface area (Å²) in [4.78, 5) is 0. The van der Waals surface area contributed by atoms with E-state index in [2.05, 4.69) is 19.2 Å². The third-order valence-electron chi connectivity index (χ3n) is 4.31. The average Bonchev–Trinajstić information content (AvgIpc) is 2.67. The first-order valence-corrected chi connectivity index (χ1v) is 6.77. The van der Waals surface area contributed by atoms with Gasteiger partial charge in [0.05, 0.1) is 5.56 Å². The van der Waals surface area contributed by atoms with Crippen molar-refractivity contribution in [1.82, 2.24) is 5.32 Å². The van der Waals surface area contributed by atoms with E-state index in [0.717, 1.165) is 30.0 Å². The first-order valence-electron chi connectivity index (χ1n) is 6.77. The molecule has 1 aromatic rings. The second-order valence-electron chi connectivity index (χ2n) is 5.60. The molecule has 0 aliphatic heterocycles. The molecule has 1 aliphatic rings. The fourth-order valence-electron chi connectivity index (χ4n) is 2.71. The van der Waals surface area contributed by atoms with E-state index in [9.17, 15) is 13.2 Å². The Hall–Kier alpha value is -1.03. The van der Waals surface area contributed by atoms with Crippen LogP contribution in [-0.4, -0.2) is 6.04 Å². The van der Waals surface area contributed by atoms with Gasteiger partial charge in [0.15, 0.2) is 0 Å². The van der Waals surface area contributed by atoms with Crippen LogP contribution in [0.15, 0.2) is 24.3 Å². The van der Waals surface area contributed by atoms with E-state index in [1.54, 1.807) is 12.1 Å². The Balaban J connectivity index is 1.90. The molecule has 0 heterocycles. The van der Waals surface area contributed by atoms with Crippen LogP contribution in [0.1, 0.15) is 37.8 Å². The lowest BCUT2D eigenvalue weighted by Gasteiger charge is -2.19. The van der Waals surface area contributed by atoms with Gasteiger partial charge in [-0.1, -0.05) is 26.0 Å². The number of benzene rings is 1. The molecule has 1 nitrogen and oxygen atoms in total. The van der Waals surface area contributed by atoms with Crippen molar-refractivity contribution in [3.63, 3.8) is 0 Å². The van der Waals surface area contributed by atoms with E-state index in [1.807, 2.05) is 0 Å². The van der Waals surface area contributed by atoms with Gasteiger partial charge in [0, 0.05) is 12.6 Å². The predicted molar refractivity (Wildman–Crippen MR) is 69.6 cm³/mol. The maximum absolute atomic E-state index is 12.4. The Labute approximate surface area is 112 Å². The van der Waals surface area contributed by atoms with Crippen LogP contribution in [0.2, 0.25) is 0 Å². The number of rotatable bonds is 3. The van der Waals surface area contributed by atoms with Crippen LogP contribution in [-0.2, 0) is 12.7 Å². The largest absolute Gasteiger partial charge is 0.416 e. The molecular formula is C15H20F3N. The Kier molecular flexibility index (Phi) is 4.19. The molecular weight excluding hydrogens is 251 g/mol. The minimum Gasteiger partial charge on any atom is -0.310 e. The van der Waals surface area contributed by atoms with Gasteiger partial charge in [-0.05, 0) is 42.4 Å². The molecule has 3 unspecified atom stereocenters. The third-order valence-corrected chi connectivity index (χ3v) is 4.31. The van der Waals surface area contributed by atoms with Crippen molar-refractivity contribution in [3.8, 4) is 0 Å². The van der Waals surface area contributed by atoms with Gasteiger partial charge in [0.25, 0.3) is 0 Å². The number of halogens is 3. The van der Waals surface area contributed by atoms with Gasteiger partial charge in [-0.25, -0.2) is 0 Å². The van der Waals surface area contributed by atoms with Crippen LogP contribution in [0, 0.1) is 11.8 Å².